The molecule has 0 saturated heterocycles. The van der Waals surface area contributed by atoms with Gasteiger partial charge in [0.15, 0.2) is 0 Å². The van der Waals surface area contributed by atoms with Crippen LogP contribution >= 0.6 is 22.6 Å². The molecule has 0 fully saturated rings. The van der Waals surface area contributed by atoms with Crippen LogP contribution in [-0.2, 0) is 4.79 Å². The molecule has 1 heterocycles. The van der Waals surface area contributed by atoms with Crippen molar-refractivity contribution < 1.29 is 4.79 Å². The SMILES string of the molecule is O=CC(I)c1cc2ccccc2[nH]1. The fourth-order valence-corrected chi connectivity index (χ4v) is 1.65. The summed E-state index contributed by atoms with van der Waals surface area (Å²) in [4.78, 5) is 13.8. The van der Waals surface area contributed by atoms with Crippen LogP contribution in [0.1, 0.15) is 9.62 Å². The van der Waals surface area contributed by atoms with Gasteiger partial charge >= 0.3 is 0 Å². The van der Waals surface area contributed by atoms with E-state index in [1.165, 1.54) is 0 Å². The molecular weight excluding hydrogens is 277 g/mol. The molecule has 0 saturated carbocycles. The van der Waals surface area contributed by atoms with Gasteiger partial charge in [0.2, 0.25) is 0 Å². The first kappa shape index (κ1) is 8.74. The minimum Gasteiger partial charge on any atom is -0.357 e. The van der Waals surface area contributed by atoms with Gasteiger partial charge in [-0.05, 0) is 17.5 Å². The largest absolute Gasteiger partial charge is 0.357 e. The Morgan fingerprint density at radius 1 is 1.38 bits per heavy atom. The monoisotopic (exact) mass is 285 g/mol. The lowest BCUT2D eigenvalue weighted by Crippen LogP contribution is -1.88. The van der Waals surface area contributed by atoms with E-state index in [0.29, 0.717) is 0 Å². The molecule has 0 radical (unpaired) electrons. The van der Waals surface area contributed by atoms with Gasteiger partial charge in [-0.3, -0.25) is 0 Å². The molecule has 0 aliphatic heterocycles. The Bertz CT molecular complexity index is 402. The lowest BCUT2D eigenvalue weighted by molar-refractivity contribution is -0.107. The normalized spacial score (nSPS) is 13.0. The Balaban J connectivity index is 2.55. The van der Waals surface area contributed by atoms with Crippen LogP contribution in [0.4, 0.5) is 0 Å². The number of carbonyl (C=O) groups is 1. The third kappa shape index (κ3) is 1.60. The second kappa shape index (κ2) is 3.49. The lowest BCUT2D eigenvalue weighted by Gasteiger charge is -1.94. The zero-order valence-electron chi connectivity index (χ0n) is 6.83. The molecular formula is C10H8INO. The average Bonchev–Trinajstić information content (AvgIpc) is 2.59. The third-order valence-corrected chi connectivity index (χ3v) is 2.93. The number of nitrogens with one attached hydrogen (secondary N) is 1. The molecule has 0 spiro atoms. The summed E-state index contributed by atoms with van der Waals surface area (Å²) < 4.78 is -0.0787. The molecule has 1 unspecified atom stereocenters. The van der Waals surface area contributed by atoms with Gasteiger partial charge in [-0.15, -0.1) is 0 Å². The summed E-state index contributed by atoms with van der Waals surface area (Å²) in [5, 5.41) is 1.15. The van der Waals surface area contributed by atoms with Crippen molar-refractivity contribution in [2.45, 2.75) is 3.92 Å². The van der Waals surface area contributed by atoms with Crippen molar-refractivity contribution in [2.75, 3.05) is 0 Å². The van der Waals surface area contributed by atoms with E-state index < -0.39 is 0 Å². The van der Waals surface area contributed by atoms with Crippen LogP contribution in [0.25, 0.3) is 10.9 Å². The molecule has 0 amide bonds. The van der Waals surface area contributed by atoms with E-state index in [0.717, 1.165) is 22.9 Å². The van der Waals surface area contributed by atoms with Crippen LogP contribution in [0.2, 0.25) is 0 Å². The number of carbonyl (C=O) groups excluding carboxylic acids is 1. The number of alkyl halides is 1. The highest BCUT2D eigenvalue weighted by Gasteiger charge is 2.07. The number of aldehydes is 1. The van der Waals surface area contributed by atoms with Gasteiger partial charge in [0.1, 0.15) is 10.2 Å². The van der Waals surface area contributed by atoms with E-state index in [1.54, 1.807) is 0 Å². The standard InChI is InChI=1S/C10H8INO/c11-8(6-13)10-5-7-3-1-2-4-9(7)12-10/h1-6,8,12H. The van der Waals surface area contributed by atoms with E-state index in [9.17, 15) is 4.79 Å². The number of aromatic amines is 1. The van der Waals surface area contributed by atoms with Gasteiger partial charge in [-0.2, -0.15) is 0 Å². The zero-order valence-corrected chi connectivity index (χ0v) is 8.99. The van der Waals surface area contributed by atoms with E-state index in [2.05, 4.69) is 27.6 Å². The number of hydrogen-bond donors (Lipinski definition) is 1. The first-order valence-corrected chi connectivity index (χ1v) is 5.23. The summed E-state index contributed by atoms with van der Waals surface area (Å²) in [6.45, 7) is 0. The highest BCUT2D eigenvalue weighted by Crippen LogP contribution is 2.24. The molecule has 1 aromatic carbocycles. The maximum absolute atomic E-state index is 10.6. The van der Waals surface area contributed by atoms with Crippen LogP contribution in [0.5, 0.6) is 0 Å². The highest BCUT2D eigenvalue weighted by atomic mass is 127. The van der Waals surface area contributed by atoms with Crippen molar-refractivity contribution in [2.24, 2.45) is 0 Å². The summed E-state index contributed by atoms with van der Waals surface area (Å²) in [5.74, 6) is 0. The van der Waals surface area contributed by atoms with Crippen molar-refractivity contribution in [1.29, 1.82) is 0 Å². The lowest BCUT2D eigenvalue weighted by atomic mass is 10.2. The molecule has 13 heavy (non-hydrogen) atoms. The summed E-state index contributed by atoms with van der Waals surface area (Å²) in [7, 11) is 0. The number of fused-ring (bicyclic) bond motifs is 1. The molecule has 2 aromatic rings. The molecule has 0 aliphatic carbocycles. The molecule has 2 nitrogen and oxygen atoms in total. The predicted molar refractivity (Wildman–Crippen MR) is 61.1 cm³/mol. The van der Waals surface area contributed by atoms with Gasteiger partial charge in [-0.1, -0.05) is 40.8 Å². The van der Waals surface area contributed by atoms with Crippen LogP contribution in [0.15, 0.2) is 30.3 Å². The van der Waals surface area contributed by atoms with E-state index in [4.69, 9.17) is 0 Å². The Morgan fingerprint density at radius 3 is 2.85 bits per heavy atom. The number of halogens is 1. The van der Waals surface area contributed by atoms with Crippen LogP contribution in [0, 0.1) is 0 Å². The minimum atomic E-state index is -0.0787. The Hall–Kier alpha value is -0.840. The van der Waals surface area contributed by atoms with Crippen molar-refractivity contribution in [1.82, 2.24) is 4.98 Å². The van der Waals surface area contributed by atoms with Crippen molar-refractivity contribution >= 4 is 39.8 Å². The van der Waals surface area contributed by atoms with Crippen LogP contribution in [-0.4, -0.2) is 11.3 Å². The Labute approximate surface area is 89.5 Å². The molecule has 2 rings (SSSR count). The number of para-hydroxylation sites is 1. The predicted octanol–water partition coefficient (Wildman–Crippen LogP) is 2.84. The minimum absolute atomic E-state index is 0.0787. The quantitative estimate of drug-likeness (QED) is 0.513. The number of benzene rings is 1. The molecule has 66 valence electrons. The Morgan fingerprint density at radius 2 is 2.15 bits per heavy atom. The second-order valence-electron chi connectivity index (χ2n) is 2.85. The maximum Gasteiger partial charge on any atom is 0.138 e. The van der Waals surface area contributed by atoms with Crippen LogP contribution in [0.3, 0.4) is 0 Å². The van der Waals surface area contributed by atoms with Gasteiger partial charge in [0.25, 0.3) is 0 Å². The molecule has 0 bridgehead atoms. The van der Waals surface area contributed by atoms with Gasteiger partial charge in [0.05, 0.1) is 0 Å². The summed E-state index contributed by atoms with van der Waals surface area (Å²) in [5.41, 5.74) is 2.05. The van der Waals surface area contributed by atoms with Gasteiger partial charge in [0, 0.05) is 11.2 Å². The third-order valence-electron chi connectivity index (χ3n) is 1.97. The second-order valence-corrected chi connectivity index (χ2v) is 4.19. The molecule has 1 N–H and O–H groups in total. The van der Waals surface area contributed by atoms with Crippen LogP contribution < -0.4 is 0 Å². The van der Waals surface area contributed by atoms with Gasteiger partial charge in [-0.25, -0.2) is 0 Å². The smallest absolute Gasteiger partial charge is 0.138 e. The summed E-state index contributed by atoms with van der Waals surface area (Å²) >= 11 is 2.11. The topological polar surface area (TPSA) is 32.9 Å². The maximum atomic E-state index is 10.6. The Kier molecular flexibility index (Phi) is 2.35. The molecule has 1 aromatic heterocycles. The van der Waals surface area contributed by atoms with Gasteiger partial charge < -0.3 is 9.78 Å². The van der Waals surface area contributed by atoms with E-state index in [1.807, 2.05) is 30.3 Å². The summed E-state index contributed by atoms with van der Waals surface area (Å²) in [6.07, 6.45) is 0.936. The zero-order chi connectivity index (χ0) is 9.26. The first-order chi connectivity index (χ1) is 6.31. The average molecular weight is 285 g/mol. The summed E-state index contributed by atoms with van der Waals surface area (Å²) in [6, 6.07) is 10.0. The highest BCUT2D eigenvalue weighted by molar-refractivity contribution is 14.1. The number of rotatable bonds is 2. The van der Waals surface area contributed by atoms with Crippen molar-refractivity contribution in [3.63, 3.8) is 0 Å². The number of hydrogen-bond acceptors (Lipinski definition) is 1. The van der Waals surface area contributed by atoms with Crippen molar-refractivity contribution in [3.8, 4) is 0 Å². The van der Waals surface area contributed by atoms with E-state index >= 15 is 0 Å². The van der Waals surface area contributed by atoms with Crippen molar-refractivity contribution in [3.05, 3.63) is 36.0 Å². The fraction of sp³-hybridized carbons (Fsp3) is 0.100. The van der Waals surface area contributed by atoms with E-state index in [-0.39, 0.29) is 3.92 Å². The molecule has 1 atom stereocenters. The fourth-order valence-electron chi connectivity index (χ4n) is 1.32. The first-order valence-electron chi connectivity index (χ1n) is 3.98. The number of aromatic nitrogens is 1. The number of H-pyrrole nitrogens is 1. The molecule has 3 heteroatoms. The molecule has 0 aliphatic rings.